The molecular formula is C11H13ClF3NO4S. The molecule has 1 aromatic rings. The number of hydrogen-bond acceptors (Lipinski definition) is 4. The molecule has 0 aliphatic rings. The molecular weight excluding hydrogens is 335 g/mol. The molecule has 0 unspecified atom stereocenters. The van der Waals surface area contributed by atoms with Gasteiger partial charge in [-0.2, -0.15) is 0 Å². The van der Waals surface area contributed by atoms with E-state index in [0.29, 0.717) is 0 Å². The van der Waals surface area contributed by atoms with Gasteiger partial charge in [-0.15, -0.1) is 0 Å². The van der Waals surface area contributed by atoms with Crippen molar-refractivity contribution in [2.75, 3.05) is 19.8 Å². The van der Waals surface area contributed by atoms with Gasteiger partial charge in [0.2, 0.25) is 10.0 Å². The van der Waals surface area contributed by atoms with Crippen molar-refractivity contribution < 1.29 is 31.4 Å². The van der Waals surface area contributed by atoms with Gasteiger partial charge in [0.1, 0.15) is 17.3 Å². The summed E-state index contributed by atoms with van der Waals surface area (Å²) in [5, 5.41) is 8.87. The first kappa shape index (κ1) is 18.2. The number of alkyl halides is 2. The topological polar surface area (TPSA) is 75.6 Å². The van der Waals surface area contributed by atoms with Crippen molar-refractivity contribution in [3.8, 4) is 0 Å². The molecule has 0 aromatic heterocycles. The normalized spacial score (nSPS) is 12.1. The van der Waals surface area contributed by atoms with Crippen LogP contribution in [-0.4, -0.2) is 39.7 Å². The van der Waals surface area contributed by atoms with E-state index in [1.165, 1.54) is 0 Å². The zero-order valence-corrected chi connectivity index (χ0v) is 12.2. The second kappa shape index (κ2) is 7.95. The standard InChI is InChI=1S/C11H13ClF3NO4S/c12-8-3-7(5-17)11(15)9(4-8)21(18,19)16-1-2-20-6-10(13)14/h3-4,10,16-17H,1-2,5-6H2. The summed E-state index contributed by atoms with van der Waals surface area (Å²) in [4.78, 5) is -0.729. The van der Waals surface area contributed by atoms with Crippen molar-refractivity contribution >= 4 is 21.6 Å². The van der Waals surface area contributed by atoms with Gasteiger partial charge in [-0.1, -0.05) is 11.6 Å². The van der Waals surface area contributed by atoms with Crippen LogP contribution in [0.4, 0.5) is 13.2 Å². The summed E-state index contributed by atoms with van der Waals surface area (Å²) in [7, 11) is -4.23. The molecule has 0 saturated heterocycles. The van der Waals surface area contributed by atoms with Gasteiger partial charge in [-0.05, 0) is 12.1 Å². The van der Waals surface area contributed by atoms with E-state index in [0.717, 1.165) is 12.1 Å². The van der Waals surface area contributed by atoms with Crippen LogP contribution in [0.5, 0.6) is 0 Å². The third-order valence-electron chi connectivity index (χ3n) is 2.32. The number of aliphatic hydroxyl groups is 1. The number of hydrogen-bond donors (Lipinski definition) is 2. The Hall–Kier alpha value is -0.870. The molecule has 0 aliphatic carbocycles. The highest BCUT2D eigenvalue weighted by atomic mass is 35.5. The molecule has 1 rings (SSSR count). The van der Waals surface area contributed by atoms with Gasteiger partial charge in [0, 0.05) is 17.1 Å². The number of benzene rings is 1. The molecule has 120 valence electrons. The maximum absolute atomic E-state index is 13.9. The Bertz CT molecular complexity index is 583. The minimum absolute atomic E-state index is 0.0604. The number of halogens is 4. The van der Waals surface area contributed by atoms with Crippen LogP contribution in [0.2, 0.25) is 5.02 Å². The summed E-state index contributed by atoms with van der Waals surface area (Å²) in [6, 6.07) is 1.99. The molecule has 0 spiro atoms. The second-order valence-corrected chi connectivity index (χ2v) is 6.07. The zero-order chi connectivity index (χ0) is 16.0. The minimum atomic E-state index is -4.23. The monoisotopic (exact) mass is 347 g/mol. The van der Waals surface area contributed by atoms with Gasteiger partial charge in [-0.25, -0.2) is 26.3 Å². The van der Waals surface area contributed by atoms with Crippen LogP contribution in [0, 0.1) is 5.82 Å². The number of aliphatic hydroxyl groups excluding tert-OH is 1. The summed E-state index contributed by atoms with van der Waals surface area (Å²) in [6.07, 6.45) is -2.65. The predicted octanol–water partition coefficient (Wildman–Crippen LogP) is 1.53. The summed E-state index contributed by atoms with van der Waals surface area (Å²) in [5.41, 5.74) is -0.267. The molecule has 0 bridgehead atoms. The van der Waals surface area contributed by atoms with Crippen molar-refractivity contribution in [1.29, 1.82) is 0 Å². The Kier molecular flexibility index (Phi) is 6.88. The van der Waals surface area contributed by atoms with E-state index in [2.05, 4.69) is 4.74 Å². The Balaban J connectivity index is 2.77. The fraction of sp³-hybridized carbons (Fsp3) is 0.455. The first-order chi connectivity index (χ1) is 9.77. The van der Waals surface area contributed by atoms with Crippen LogP contribution in [0.25, 0.3) is 0 Å². The summed E-state index contributed by atoms with van der Waals surface area (Å²) in [6.45, 7) is -2.14. The van der Waals surface area contributed by atoms with Gasteiger partial charge < -0.3 is 9.84 Å². The highest BCUT2D eigenvalue weighted by molar-refractivity contribution is 7.89. The Morgan fingerprint density at radius 2 is 2.05 bits per heavy atom. The molecule has 0 radical (unpaired) electrons. The van der Waals surface area contributed by atoms with Crippen LogP contribution < -0.4 is 4.72 Å². The first-order valence-electron chi connectivity index (χ1n) is 5.72. The largest absolute Gasteiger partial charge is 0.392 e. The Labute approximate surface area is 124 Å². The van der Waals surface area contributed by atoms with Crippen LogP contribution in [-0.2, 0) is 21.4 Å². The fourth-order valence-electron chi connectivity index (χ4n) is 1.43. The second-order valence-electron chi connectivity index (χ2n) is 3.90. The van der Waals surface area contributed by atoms with E-state index in [4.69, 9.17) is 16.7 Å². The molecule has 0 saturated carbocycles. The number of sulfonamides is 1. The SMILES string of the molecule is O=S(=O)(NCCOCC(F)F)c1cc(Cl)cc(CO)c1F. The lowest BCUT2D eigenvalue weighted by Crippen LogP contribution is -2.29. The molecule has 21 heavy (non-hydrogen) atoms. The molecule has 0 atom stereocenters. The summed E-state index contributed by atoms with van der Waals surface area (Å²) < 4.78 is 67.7. The van der Waals surface area contributed by atoms with Crippen molar-refractivity contribution in [1.82, 2.24) is 4.72 Å². The molecule has 1 aromatic carbocycles. The van der Waals surface area contributed by atoms with Crippen molar-refractivity contribution in [2.45, 2.75) is 17.9 Å². The lowest BCUT2D eigenvalue weighted by Gasteiger charge is -2.10. The summed E-state index contributed by atoms with van der Waals surface area (Å²) in [5.74, 6) is -1.12. The third kappa shape index (κ3) is 5.44. The minimum Gasteiger partial charge on any atom is -0.392 e. The van der Waals surface area contributed by atoms with Gasteiger partial charge in [0.15, 0.2) is 0 Å². The van der Waals surface area contributed by atoms with Gasteiger partial charge >= 0.3 is 0 Å². The van der Waals surface area contributed by atoms with Gasteiger partial charge in [-0.3, -0.25) is 0 Å². The first-order valence-corrected chi connectivity index (χ1v) is 7.58. The van der Waals surface area contributed by atoms with Gasteiger partial charge in [0.05, 0.1) is 13.2 Å². The number of ether oxygens (including phenoxy) is 1. The molecule has 0 fully saturated rings. The lowest BCUT2D eigenvalue weighted by atomic mass is 10.2. The average Bonchev–Trinajstić information content (AvgIpc) is 2.40. The maximum atomic E-state index is 13.9. The molecule has 2 N–H and O–H groups in total. The highest BCUT2D eigenvalue weighted by Gasteiger charge is 2.22. The Morgan fingerprint density at radius 1 is 1.38 bits per heavy atom. The van der Waals surface area contributed by atoms with E-state index in [1.807, 2.05) is 4.72 Å². The van der Waals surface area contributed by atoms with E-state index in [-0.39, 0.29) is 23.7 Å². The quantitative estimate of drug-likeness (QED) is 0.699. The van der Waals surface area contributed by atoms with E-state index in [9.17, 15) is 21.6 Å². The molecule has 0 heterocycles. The average molecular weight is 348 g/mol. The summed E-state index contributed by atoms with van der Waals surface area (Å²) >= 11 is 5.65. The zero-order valence-electron chi connectivity index (χ0n) is 10.7. The molecule has 0 aliphatic heterocycles. The van der Waals surface area contributed by atoms with Crippen LogP contribution in [0.1, 0.15) is 5.56 Å². The molecule has 0 amide bonds. The van der Waals surface area contributed by atoms with Crippen molar-refractivity contribution in [3.63, 3.8) is 0 Å². The van der Waals surface area contributed by atoms with Crippen molar-refractivity contribution in [2.24, 2.45) is 0 Å². The maximum Gasteiger partial charge on any atom is 0.261 e. The van der Waals surface area contributed by atoms with Gasteiger partial charge in [0.25, 0.3) is 6.43 Å². The van der Waals surface area contributed by atoms with E-state index < -0.39 is 40.4 Å². The predicted molar refractivity (Wildman–Crippen MR) is 69.3 cm³/mol. The molecule has 5 nitrogen and oxygen atoms in total. The highest BCUT2D eigenvalue weighted by Crippen LogP contribution is 2.23. The van der Waals surface area contributed by atoms with Crippen molar-refractivity contribution in [3.05, 3.63) is 28.5 Å². The van der Waals surface area contributed by atoms with E-state index in [1.54, 1.807) is 0 Å². The number of rotatable bonds is 8. The smallest absolute Gasteiger partial charge is 0.261 e. The van der Waals surface area contributed by atoms with E-state index >= 15 is 0 Å². The van der Waals surface area contributed by atoms with Crippen LogP contribution >= 0.6 is 11.6 Å². The number of nitrogens with one attached hydrogen (secondary N) is 1. The van der Waals surface area contributed by atoms with Crippen LogP contribution in [0.15, 0.2) is 17.0 Å². The fourth-order valence-corrected chi connectivity index (χ4v) is 2.89. The molecule has 10 heteroatoms. The van der Waals surface area contributed by atoms with Crippen LogP contribution in [0.3, 0.4) is 0 Å². The third-order valence-corrected chi connectivity index (χ3v) is 4.00. The lowest BCUT2D eigenvalue weighted by molar-refractivity contribution is 0.0199. The Morgan fingerprint density at radius 3 is 2.62 bits per heavy atom.